The number of aryl methyl sites for hydroxylation is 1. The van der Waals surface area contributed by atoms with Crippen LogP contribution in [0.15, 0.2) is 77.7 Å². The van der Waals surface area contributed by atoms with Crippen molar-refractivity contribution < 1.29 is 13.2 Å². The topological polar surface area (TPSA) is 66.5 Å². The van der Waals surface area contributed by atoms with Crippen LogP contribution in [-0.4, -0.2) is 20.1 Å². The molecule has 0 bridgehead atoms. The summed E-state index contributed by atoms with van der Waals surface area (Å²) in [7, 11) is -3.66. The molecular weight excluding hydrogens is 440 g/mol. The number of thioether (sulfide) groups is 1. The Morgan fingerprint density at radius 2 is 1.62 bits per heavy atom. The Labute approximate surface area is 193 Å². The molecule has 166 valence electrons. The number of hydrogen-bond acceptors (Lipinski definition) is 4. The highest BCUT2D eigenvalue weighted by atomic mass is 32.2. The van der Waals surface area contributed by atoms with Gasteiger partial charge in [0.25, 0.3) is 10.0 Å². The molecule has 1 saturated heterocycles. The number of para-hydroxylation sites is 1. The first-order chi connectivity index (χ1) is 15.3. The first-order valence-electron chi connectivity index (χ1n) is 10.5. The second-order valence-electron chi connectivity index (χ2n) is 8.18. The van der Waals surface area contributed by atoms with E-state index in [4.69, 9.17) is 0 Å². The van der Waals surface area contributed by atoms with Crippen molar-refractivity contribution in [3.05, 3.63) is 89.5 Å². The summed E-state index contributed by atoms with van der Waals surface area (Å²) in [5, 5.41) is -0.148. The van der Waals surface area contributed by atoms with Crippen LogP contribution in [-0.2, 0) is 14.8 Å². The lowest BCUT2D eigenvalue weighted by Gasteiger charge is -2.27. The van der Waals surface area contributed by atoms with E-state index in [-0.39, 0.29) is 16.2 Å². The second kappa shape index (κ2) is 9.00. The molecule has 1 heterocycles. The van der Waals surface area contributed by atoms with E-state index in [0.717, 1.165) is 22.4 Å². The fourth-order valence-electron chi connectivity index (χ4n) is 3.77. The predicted octanol–water partition coefficient (Wildman–Crippen LogP) is 5.70. The average Bonchev–Trinajstić information content (AvgIpc) is 3.15. The third-order valence-electron chi connectivity index (χ3n) is 5.47. The summed E-state index contributed by atoms with van der Waals surface area (Å²) in [5.41, 5.74) is 4.51. The fraction of sp³-hybridized carbons (Fsp3) is 0.240. The van der Waals surface area contributed by atoms with Gasteiger partial charge >= 0.3 is 0 Å². The average molecular weight is 467 g/mol. The van der Waals surface area contributed by atoms with Crippen LogP contribution in [0, 0.1) is 6.92 Å². The largest absolute Gasteiger partial charge is 0.295 e. The Bertz CT molecular complexity index is 1220. The molecule has 1 atom stereocenters. The minimum atomic E-state index is -3.66. The van der Waals surface area contributed by atoms with E-state index in [1.165, 1.54) is 0 Å². The molecule has 4 rings (SSSR count). The number of nitrogens with zero attached hydrogens (tertiary/aromatic N) is 1. The fourth-order valence-corrected chi connectivity index (χ4v) is 6.00. The third-order valence-corrected chi connectivity index (χ3v) is 8.08. The Hall–Kier alpha value is -2.77. The Kier molecular flexibility index (Phi) is 6.31. The number of hydrogen-bond donors (Lipinski definition) is 1. The van der Waals surface area contributed by atoms with Crippen molar-refractivity contribution in [3.8, 4) is 0 Å². The standard InChI is InChI=1S/C25H26N2O3S2/c1-17(2)22-6-4-5-7-23(22)27-24(28)16-31-25(27)19-10-12-20(13-11-19)26-32(29,30)21-14-8-18(3)9-15-21/h4-15,17,25-26H,16H2,1-3H3/t25-/m1/s1. The van der Waals surface area contributed by atoms with Gasteiger partial charge in [0.2, 0.25) is 5.91 Å². The molecule has 1 N–H and O–H groups in total. The quantitative estimate of drug-likeness (QED) is 0.506. The van der Waals surface area contributed by atoms with E-state index in [1.54, 1.807) is 48.2 Å². The van der Waals surface area contributed by atoms with Crippen LogP contribution in [0.1, 0.15) is 41.8 Å². The maximum Gasteiger partial charge on any atom is 0.261 e. The monoisotopic (exact) mass is 466 g/mol. The van der Waals surface area contributed by atoms with Crippen LogP contribution >= 0.6 is 11.8 Å². The van der Waals surface area contributed by atoms with Crippen LogP contribution in [0.4, 0.5) is 11.4 Å². The van der Waals surface area contributed by atoms with Crippen molar-refractivity contribution >= 4 is 39.1 Å². The number of amides is 1. The van der Waals surface area contributed by atoms with Crippen molar-refractivity contribution in [3.63, 3.8) is 0 Å². The van der Waals surface area contributed by atoms with E-state index in [0.29, 0.717) is 17.4 Å². The SMILES string of the molecule is Cc1ccc(S(=O)(=O)Nc2ccc([C@H]3SCC(=O)N3c3ccccc3C(C)C)cc2)cc1. The second-order valence-corrected chi connectivity index (χ2v) is 10.9. The molecule has 0 aliphatic carbocycles. The van der Waals surface area contributed by atoms with E-state index in [9.17, 15) is 13.2 Å². The number of benzene rings is 3. The van der Waals surface area contributed by atoms with Crippen molar-refractivity contribution in [1.82, 2.24) is 0 Å². The highest BCUT2D eigenvalue weighted by Crippen LogP contribution is 2.44. The van der Waals surface area contributed by atoms with E-state index in [2.05, 4.69) is 24.6 Å². The Morgan fingerprint density at radius 3 is 2.28 bits per heavy atom. The van der Waals surface area contributed by atoms with Gasteiger partial charge in [0.05, 0.1) is 10.6 Å². The molecule has 1 aliphatic heterocycles. The zero-order valence-electron chi connectivity index (χ0n) is 18.3. The van der Waals surface area contributed by atoms with Crippen LogP contribution < -0.4 is 9.62 Å². The Morgan fingerprint density at radius 1 is 0.969 bits per heavy atom. The molecular formula is C25H26N2O3S2. The predicted molar refractivity (Wildman–Crippen MR) is 132 cm³/mol. The van der Waals surface area contributed by atoms with Crippen molar-refractivity contribution in [2.24, 2.45) is 0 Å². The lowest BCUT2D eigenvalue weighted by molar-refractivity contribution is -0.115. The number of carbonyl (C=O) groups is 1. The van der Waals surface area contributed by atoms with Gasteiger partial charge in [0.15, 0.2) is 0 Å². The van der Waals surface area contributed by atoms with Gasteiger partial charge in [-0.1, -0.05) is 61.9 Å². The molecule has 1 fully saturated rings. The summed E-state index contributed by atoms with van der Waals surface area (Å²) >= 11 is 1.58. The molecule has 32 heavy (non-hydrogen) atoms. The molecule has 1 aliphatic rings. The van der Waals surface area contributed by atoms with Gasteiger partial charge in [0, 0.05) is 11.4 Å². The first-order valence-corrected chi connectivity index (χ1v) is 13.0. The molecule has 3 aromatic rings. The molecule has 0 unspecified atom stereocenters. The van der Waals surface area contributed by atoms with Gasteiger partial charge in [0.1, 0.15) is 5.37 Å². The van der Waals surface area contributed by atoms with E-state index in [1.807, 2.05) is 42.2 Å². The summed E-state index contributed by atoms with van der Waals surface area (Å²) in [5.74, 6) is 0.792. The molecule has 0 radical (unpaired) electrons. The van der Waals surface area contributed by atoms with Gasteiger partial charge in [-0.15, -0.1) is 11.8 Å². The molecule has 0 spiro atoms. The van der Waals surface area contributed by atoms with Crippen molar-refractivity contribution in [2.45, 2.75) is 37.0 Å². The van der Waals surface area contributed by atoms with Crippen molar-refractivity contribution in [1.29, 1.82) is 0 Å². The van der Waals surface area contributed by atoms with Crippen molar-refractivity contribution in [2.75, 3.05) is 15.4 Å². The number of nitrogens with one attached hydrogen (secondary N) is 1. The van der Waals surface area contributed by atoms with E-state index < -0.39 is 10.0 Å². The first kappa shape index (κ1) is 22.4. The van der Waals surface area contributed by atoms with Gasteiger partial charge in [-0.05, 0) is 54.3 Å². The van der Waals surface area contributed by atoms with Crippen LogP contribution in [0.5, 0.6) is 0 Å². The van der Waals surface area contributed by atoms with Crippen LogP contribution in [0.25, 0.3) is 0 Å². The summed E-state index contributed by atoms with van der Waals surface area (Å²) in [6.45, 7) is 6.16. The number of anilines is 2. The lowest BCUT2D eigenvalue weighted by atomic mass is 10.00. The molecule has 0 aromatic heterocycles. The minimum Gasteiger partial charge on any atom is -0.295 e. The summed E-state index contributed by atoms with van der Waals surface area (Å²) in [6.07, 6.45) is 0. The number of carbonyl (C=O) groups excluding carboxylic acids is 1. The van der Waals surface area contributed by atoms with Crippen LogP contribution in [0.3, 0.4) is 0 Å². The van der Waals surface area contributed by atoms with Gasteiger partial charge in [-0.3, -0.25) is 14.4 Å². The number of sulfonamides is 1. The summed E-state index contributed by atoms with van der Waals surface area (Å²) in [4.78, 5) is 14.9. The molecule has 3 aromatic carbocycles. The third kappa shape index (κ3) is 4.54. The Balaban J connectivity index is 1.58. The maximum atomic E-state index is 12.8. The number of rotatable bonds is 6. The molecule has 5 nitrogen and oxygen atoms in total. The van der Waals surface area contributed by atoms with Gasteiger partial charge in [-0.25, -0.2) is 8.42 Å². The summed E-state index contributed by atoms with van der Waals surface area (Å²) < 4.78 is 28.0. The molecule has 1 amide bonds. The highest BCUT2D eigenvalue weighted by Gasteiger charge is 2.35. The lowest BCUT2D eigenvalue weighted by Crippen LogP contribution is -2.29. The smallest absolute Gasteiger partial charge is 0.261 e. The van der Waals surface area contributed by atoms with Crippen LogP contribution in [0.2, 0.25) is 0 Å². The normalized spacial score (nSPS) is 16.6. The minimum absolute atomic E-state index is 0.0808. The summed E-state index contributed by atoms with van der Waals surface area (Å²) in [6, 6.07) is 22.0. The van der Waals surface area contributed by atoms with Gasteiger partial charge in [-0.2, -0.15) is 0 Å². The highest BCUT2D eigenvalue weighted by molar-refractivity contribution is 8.00. The van der Waals surface area contributed by atoms with Gasteiger partial charge < -0.3 is 0 Å². The van der Waals surface area contributed by atoms with E-state index >= 15 is 0 Å². The molecule has 0 saturated carbocycles. The maximum absolute atomic E-state index is 12.8. The molecule has 7 heteroatoms. The zero-order valence-corrected chi connectivity index (χ0v) is 19.9. The zero-order chi connectivity index (χ0) is 22.9.